The molecule has 42 heavy (non-hydrogen) atoms. The third-order valence-corrected chi connectivity index (χ3v) is 5.19. The SMILES string of the molecule is Cl.O=C(Cl)Oc1ccccc1.O=C(Oc1ccccc1)n1cnc(-c2cccnc2)c1.c1cncc(-c2cnc[nH]2)c1. The molecule has 0 amide bonds. The van der Waals surface area contributed by atoms with Crippen molar-refractivity contribution in [2.24, 2.45) is 0 Å². The molecule has 1 N–H and O–H groups in total. The Morgan fingerprint density at radius 2 is 1.31 bits per heavy atom. The lowest BCUT2D eigenvalue weighted by molar-refractivity contribution is 0.202. The van der Waals surface area contributed by atoms with E-state index in [-0.39, 0.29) is 12.4 Å². The number of carbonyl (C=O) groups is 2. The molecule has 10 nitrogen and oxygen atoms in total. The van der Waals surface area contributed by atoms with Crippen LogP contribution in [0.2, 0.25) is 0 Å². The van der Waals surface area contributed by atoms with Crippen LogP contribution in [0.15, 0.2) is 135 Å². The van der Waals surface area contributed by atoms with E-state index in [2.05, 4.69) is 29.7 Å². The number of aromatic amines is 1. The molecular formula is C30H24Cl2N6O4. The van der Waals surface area contributed by atoms with Crippen LogP contribution in [-0.4, -0.2) is 41.0 Å². The van der Waals surface area contributed by atoms with Crippen molar-refractivity contribution in [2.75, 3.05) is 0 Å². The summed E-state index contributed by atoms with van der Waals surface area (Å²) in [4.78, 5) is 41.2. The summed E-state index contributed by atoms with van der Waals surface area (Å²) in [6, 6.07) is 25.1. The van der Waals surface area contributed by atoms with Crippen molar-refractivity contribution in [3.8, 4) is 34.0 Å². The lowest BCUT2D eigenvalue weighted by Gasteiger charge is -2.03. The number of para-hydroxylation sites is 2. The second-order valence-corrected chi connectivity index (χ2v) is 8.26. The van der Waals surface area contributed by atoms with Gasteiger partial charge < -0.3 is 14.5 Å². The fourth-order valence-corrected chi connectivity index (χ4v) is 3.33. The van der Waals surface area contributed by atoms with E-state index in [1.807, 2.05) is 36.4 Å². The maximum absolute atomic E-state index is 11.9. The molecule has 4 heterocycles. The highest BCUT2D eigenvalue weighted by molar-refractivity contribution is 6.61. The van der Waals surface area contributed by atoms with Crippen molar-refractivity contribution < 1.29 is 19.1 Å². The number of H-pyrrole nitrogens is 1. The number of nitrogens with zero attached hydrogens (tertiary/aromatic N) is 5. The van der Waals surface area contributed by atoms with Crippen molar-refractivity contribution in [3.63, 3.8) is 0 Å². The molecule has 0 aliphatic carbocycles. The minimum Gasteiger partial charge on any atom is -0.415 e. The van der Waals surface area contributed by atoms with Crippen molar-refractivity contribution in [1.82, 2.24) is 29.5 Å². The molecule has 12 heteroatoms. The highest BCUT2D eigenvalue weighted by Gasteiger charge is 2.10. The van der Waals surface area contributed by atoms with E-state index in [9.17, 15) is 9.59 Å². The first-order valence-corrected chi connectivity index (χ1v) is 12.5. The number of halogens is 2. The third kappa shape index (κ3) is 10.0. The number of imidazole rings is 2. The number of hydrogen-bond acceptors (Lipinski definition) is 8. The Kier molecular flexibility index (Phi) is 12.4. The maximum Gasteiger partial charge on any atom is 0.424 e. The Morgan fingerprint density at radius 1 is 0.714 bits per heavy atom. The van der Waals surface area contributed by atoms with Crippen LogP contribution in [0.25, 0.3) is 22.5 Å². The summed E-state index contributed by atoms with van der Waals surface area (Å²) in [5.41, 5.74) is 2.76. The smallest absolute Gasteiger partial charge is 0.415 e. The molecule has 0 bridgehead atoms. The Balaban J connectivity index is 0.000000187. The normalized spacial score (nSPS) is 9.55. The topological polar surface area (TPSA) is 125 Å². The summed E-state index contributed by atoms with van der Waals surface area (Å²) in [5, 5.41) is 0. The molecule has 0 saturated carbocycles. The zero-order chi connectivity index (χ0) is 28.7. The summed E-state index contributed by atoms with van der Waals surface area (Å²) < 4.78 is 11.1. The number of hydrogen-bond donors (Lipinski definition) is 1. The Labute approximate surface area is 252 Å². The summed E-state index contributed by atoms with van der Waals surface area (Å²) in [6.07, 6.45) is 12.9. The first-order valence-electron chi connectivity index (χ1n) is 12.1. The maximum atomic E-state index is 11.9. The van der Waals surface area contributed by atoms with E-state index in [4.69, 9.17) is 16.3 Å². The van der Waals surface area contributed by atoms with Gasteiger partial charge in [0.1, 0.15) is 17.8 Å². The van der Waals surface area contributed by atoms with Crippen molar-refractivity contribution >= 4 is 35.5 Å². The summed E-state index contributed by atoms with van der Waals surface area (Å²) in [5.74, 6) is 0.955. The fourth-order valence-electron chi connectivity index (χ4n) is 3.25. The summed E-state index contributed by atoms with van der Waals surface area (Å²) in [7, 11) is 0. The molecule has 212 valence electrons. The summed E-state index contributed by atoms with van der Waals surface area (Å²) in [6.45, 7) is 0. The number of rotatable bonds is 4. The number of pyridine rings is 2. The molecule has 0 unspecified atom stereocenters. The minimum atomic E-state index is -0.814. The largest absolute Gasteiger partial charge is 0.424 e. The van der Waals surface area contributed by atoms with Gasteiger partial charge in [0.15, 0.2) is 0 Å². The Bertz CT molecular complexity index is 1620. The predicted octanol–water partition coefficient (Wildman–Crippen LogP) is 7.31. The molecule has 0 spiro atoms. The van der Waals surface area contributed by atoms with Gasteiger partial charge in [-0.25, -0.2) is 24.1 Å². The van der Waals surface area contributed by atoms with Gasteiger partial charge in [0.2, 0.25) is 0 Å². The zero-order valence-electron chi connectivity index (χ0n) is 21.9. The van der Waals surface area contributed by atoms with Gasteiger partial charge in [0, 0.05) is 53.7 Å². The van der Waals surface area contributed by atoms with Gasteiger partial charge >= 0.3 is 11.5 Å². The van der Waals surface area contributed by atoms with Crippen molar-refractivity contribution in [2.45, 2.75) is 0 Å². The Hall–Kier alpha value is -5.32. The van der Waals surface area contributed by atoms with Crippen LogP contribution in [0.5, 0.6) is 11.5 Å². The molecular weight excluding hydrogens is 579 g/mol. The van der Waals surface area contributed by atoms with Crippen LogP contribution in [0, 0.1) is 0 Å². The van der Waals surface area contributed by atoms with Gasteiger partial charge in [-0.2, -0.15) is 0 Å². The highest BCUT2D eigenvalue weighted by Crippen LogP contribution is 2.16. The van der Waals surface area contributed by atoms with Gasteiger partial charge in [0.05, 0.1) is 23.9 Å². The lowest BCUT2D eigenvalue weighted by atomic mass is 10.2. The molecule has 6 rings (SSSR count). The molecule has 0 saturated heterocycles. The fraction of sp³-hybridized carbons (Fsp3) is 0. The quantitative estimate of drug-likeness (QED) is 0.208. The first-order chi connectivity index (χ1) is 20.1. The monoisotopic (exact) mass is 602 g/mol. The zero-order valence-corrected chi connectivity index (χ0v) is 23.4. The van der Waals surface area contributed by atoms with E-state index in [1.165, 1.54) is 10.9 Å². The summed E-state index contributed by atoms with van der Waals surface area (Å²) >= 11 is 4.95. The number of aromatic nitrogens is 6. The molecule has 4 aromatic heterocycles. The second-order valence-electron chi connectivity index (χ2n) is 7.95. The van der Waals surface area contributed by atoms with Gasteiger partial charge in [-0.3, -0.25) is 9.97 Å². The minimum absolute atomic E-state index is 0. The predicted molar refractivity (Wildman–Crippen MR) is 161 cm³/mol. The molecule has 0 fully saturated rings. The van der Waals surface area contributed by atoms with E-state index >= 15 is 0 Å². The average Bonchev–Trinajstić information content (AvgIpc) is 3.73. The standard InChI is InChI=1S/C15H11N3O2.C8H7N3.C7H5ClO2.ClH/c19-15(20-13-6-2-1-3-7-13)18-10-14(17-11-18)12-5-4-8-16-9-12;1-2-7(4-9-3-1)8-5-10-6-11-8;8-7(9)10-6-4-2-1-3-5-6;/h1-11H;1-6H,(H,10,11);1-5H;1H. The van der Waals surface area contributed by atoms with Crippen LogP contribution >= 0.6 is 24.0 Å². The van der Waals surface area contributed by atoms with Crippen LogP contribution in [0.1, 0.15) is 0 Å². The van der Waals surface area contributed by atoms with E-state index in [0.29, 0.717) is 17.2 Å². The number of nitrogens with one attached hydrogen (secondary N) is 1. The van der Waals surface area contributed by atoms with Crippen LogP contribution in [0.3, 0.4) is 0 Å². The third-order valence-electron chi connectivity index (χ3n) is 5.11. The highest BCUT2D eigenvalue weighted by atomic mass is 35.5. The second kappa shape index (κ2) is 16.7. The molecule has 0 aliphatic rings. The van der Waals surface area contributed by atoms with Crippen molar-refractivity contribution in [3.05, 3.63) is 135 Å². The average molecular weight is 603 g/mol. The number of carbonyl (C=O) groups excluding carboxylic acids is 2. The van der Waals surface area contributed by atoms with Crippen LogP contribution in [0.4, 0.5) is 9.59 Å². The first kappa shape index (κ1) is 31.2. The van der Waals surface area contributed by atoms with E-state index in [1.54, 1.807) is 92.0 Å². The van der Waals surface area contributed by atoms with Gasteiger partial charge in [-0.1, -0.05) is 36.4 Å². The van der Waals surface area contributed by atoms with Crippen LogP contribution < -0.4 is 9.47 Å². The van der Waals surface area contributed by atoms with Crippen LogP contribution in [-0.2, 0) is 0 Å². The van der Waals surface area contributed by atoms with E-state index < -0.39 is 11.5 Å². The molecule has 0 atom stereocenters. The molecule has 0 radical (unpaired) electrons. The number of ether oxygens (including phenoxy) is 2. The van der Waals surface area contributed by atoms with Gasteiger partial charge in [0.25, 0.3) is 0 Å². The van der Waals surface area contributed by atoms with E-state index in [0.717, 1.165) is 16.8 Å². The van der Waals surface area contributed by atoms with Gasteiger partial charge in [-0.15, -0.1) is 12.4 Å². The molecule has 2 aromatic carbocycles. The van der Waals surface area contributed by atoms with Crippen molar-refractivity contribution in [1.29, 1.82) is 0 Å². The molecule has 6 aromatic rings. The van der Waals surface area contributed by atoms with Gasteiger partial charge in [-0.05, 0) is 48.5 Å². The lowest BCUT2D eigenvalue weighted by Crippen LogP contribution is -2.14. The Morgan fingerprint density at radius 3 is 1.83 bits per heavy atom. The number of benzene rings is 2. The molecule has 0 aliphatic heterocycles.